The van der Waals surface area contributed by atoms with Gasteiger partial charge in [-0.15, -0.1) is 0 Å². The van der Waals surface area contributed by atoms with E-state index in [1.165, 1.54) is 24.8 Å². The van der Waals surface area contributed by atoms with Gasteiger partial charge in [-0.05, 0) is 30.2 Å². The fourth-order valence-electron chi connectivity index (χ4n) is 2.53. The molecule has 1 atom stereocenters. The topological polar surface area (TPSA) is 21.3 Å². The summed E-state index contributed by atoms with van der Waals surface area (Å²) >= 11 is 0. The van der Waals surface area contributed by atoms with Crippen molar-refractivity contribution in [2.45, 2.75) is 25.2 Å². The van der Waals surface area contributed by atoms with Crippen molar-refractivity contribution in [1.29, 1.82) is 0 Å². The van der Waals surface area contributed by atoms with Crippen LogP contribution in [0.3, 0.4) is 0 Å². The zero-order valence-corrected chi connectivity index (χ0v) is 10.7. The highest BCUT2D eigenvalue weighted by molar-refractivity contribution is 5.21. The van der Waals surface area contributed by atoms with Crippen LogP contribution in [-0.4, -0.2) is 26.8 Å². The van der Waals surface area contributed by atoms with E-state index in [1.54, 1.807) is 7.11 Å². The lowest BCUT2D eigenvalue weighted by Crippen LogP contribution is -2.31. The SMILES string of the molecule is COCCNCC(c1ccccc1)C1CCC1. The molecule has 0 radical (unpaired) electrons. The van der Waals surface area contributed by atoms with Gasteiger partial charge < -0.3 is 10.1 Å². The van der Waals surface area contributed by atoms with Crippen LogP contribution in [-0.2, 0) is 4.74 Å². The van der Waals surface area contributed by atoms with E-state index in [9.17, 15) is 0 Å². The summed E-state index contributed by atoms with van der Waals surface area (Å²) in [5.74, 6) is 1.56. The predicted octanol–water partition coefficient (Wildman–Crippen LogP) is 2.81. The van der Waals surface area contributed by atoms with E-state index >= 15 is 0 Å². The Labute approximate surface area is 104 Å². The number of hydrogen-bond acceptors (Lipinski definition) is 2. The molecule has 0 aliphatic heterocycles. The Morgan fingerprint density at radius 3 is 2.65 bits per heavy atom. The predicted molar refractivity (Wildman–Crippen MR) is 71.3 cm³/mol. The van der Waals surface area contributed by atoms with Crippen molar-refractivity contribution >= 4 is 0 Å². The van der Waals surface area contributed by atoms with Gasteiger partial charge in [-0.2, -0.15) is 0 Å². The molecule has 1 saturated carbocycles. The van der Waals surface area contributed by atoms with Crippen molar-refractivity contribution in [3.63, 3.8) is 0 Å². The summed E-state index contributed by atoms with van der Waals surface area (Å²) in [6.07, 6.45) is 4.20. The molecular weight excluding hydrogens is 210 g/mol. The second kappa shape index (κ2) is 6.77. The summed E-state index contributed by atoms with van der Waals surface area (Å²) in [4.78, 5) is 0. The molecule has 1 aromatic rings. The molecule has 2 heteroatoms. The van der Waals surface area contributed by atoms with Crippen LogP contribution in [0.25, 0.3) is 0 Å². The minimum atomic E-state index is 0.682. The van der Waals surface area contributed by atoms with E-state index in [0.29, 0.717) is 5.92 Å². The van der Waals surface area contributed by atoms with Gasteiger partial charge in [-0.25, -0.2) is 0 Å². The maximum atomic E-state index is 5.07. The largest absolute Gasteiger partial charge is 0.383 e. The molecule has 0 amide bonds. The monoisotopic (exact) mass is 233 g/mol. The van der Waals surface area contributed by atoms with Gasteiger partial charge in [0.15, 0.2) is 0 Å². The van der Waals surface area contributed by atoms with Gasteiger partial charge in [0, 0.05) is 20.2 Å². The minimum Gasteiger partial charge on any atom is -0.383 e. The molecule has 1 N–H and O–H groups in total. The maximum absolute atomic E-state index is 5.07. The van der Waals surface area contributed by atoms with E-state index in [4.69, 9.17) is 4.74 Å². The van der Waals surface area contributed by atoms with Gasteiger partial charge in [-0.3, -0.25) is 0 Å². The van der Waals surface area contributed by atoms with Crippen molar-refractivity contribution in [3.8, 4) is 0 Å². The van der Waals surface area contributed by atoms with Crippen LogP contribution in [0.2, 0.25) is 0 Å². The second-order valence-electron chi connectivity index (χ2n) is 4.91. The van der Waals surface area contributed by atoms with Crippen LogP contribution >= 0.6 is 0 Å². The molecule has 94 valence electrons. The van der Waals surface area contributed by atoms with Crippen molar-refractivity contribution in [3.05, 3.63) is 35.9 Å². The zero-order valence-electron chi connectivity index (χ0n) is 10.7. The van der Waals surface area contributed by atoms with E-state index < -0.39 is 0 Å². The van der Waals surface area contributed by atoms with Crippen molar-refractivity contribution in [2.75, 3.05) is 26.8 Å². The molecule has 0 bridgehead atoms. The summed E-state index contributed by atoms with van der Waals surface area (Å²) in [6, 6.07) is 10.9. The summed E-state index contributed by atoms with van der Waals surface area (Å²) in [5, 5.41) is 3.51. The average molecular weight is 233 g/mol. The molecule has 0 spiro atoms. The first-order valence-electron chi connectivity index (χ1n) is 6.66. The Bertz CT molecular complexity index is 308. The minimum absolute atomic E-state index is 0.682. The number of benzene rings is 1. The fraction of sp³-hybridized carbons (Fsp3) is 0.600. The lowest BCUT2D eigenvalue weighted by atomic mass is 9.73. The highest BCUT2D eigenvalue weighted by Gasteiger charge is 2.27. The molecular formula is C15H23NO. The third-order valence-corrected chi connectivity index (χ3v) is 3.79. The molecule has 17 heavy (non-hydrogen) atoms. The molecule has 2 rings (SSSR count). The molecule has 2 nitrogen and oxygen atoms in total. The van der Waals surface area contributed by atoms with Gasteiger partial charge in [0.25, 0.3) is 0 Å². The quantitative estimate of drug-likeness (QED) is 0.731. The van der Waals surface area contributed by atoms with Gasteiger partial charge >= 0.3 is 0 Å². The Morgan fingerprint density at radius 1 is 1.29 bits per heavy atom. The van der Waals surface area contributed by atoms with Crippen LogP contribution in [0, 0.1) is 5.92 Å². The molecule has 1 fully saturated rings. The molecule has 1 aliphatic rings. The van der Waals surface area contributed by atoms with Crippen LogP contribution < -0.4 is 5.32 Å². The first kappa shape index (κ1) is 12.6. The van der Waals surface area contributed by atoms with Crippen LogP contribution in [0.15, 0.2) is 30.3 Å². The lowest BCUT2D eigenvalue weighted by Gasteiger charge is -2.34. The zero-order chi connectivity index (χ0) is 11.9. The fourth-order valence-corrected chi connectivity index (χ4v) is 2.53. The number of hydrogen-bond donors (Lipinski definition) is 1. The first-order chi connectivity index (χ1) is 8.42. The smallest absolute Gasteiger partial charge is 0.0587 e. The maximum Gasteiger partial charge on any atom is 0.0587 e. The van der Waals surface area contributed by atoms with Crippen molar-refractivity contribution in [2.24, 2.45) is 5.92 Å². The number of methoxy groups -OCH3 is 1. The van der Waals surface area contributed by atoms with Gasteiger partial charge in [-0.1, -0.05) is 36.8 Å². The summed E-state index contributed by atoms with van der Waals surface area (Å²) in [7, 11) is 1.75. The van der Waals surface area contributed by atoms with Crippen molar-refractivity contribution in [1.82, 2.24) is 5.32 Å². The highest BCUT2D eigenvalue weighted by atomic mass is 16.5. The Balaban J connectivity index is 1.89. The Kier molecular flexibility index (Phi) is 5.02. The average Bonchev–Trinajstić information content (AvgIpc) is 2.32. The molecule has 1 unspecified atom stereocenters. The van der Waals surface area contributed by atoms with Crippen LogP contribution in [0.5, 0.6) is 0 Å². The van der Waals surface area contributed by atoms with E-state index in [0.717, 1.165) is 25.6 Å². The van der Waals surface area contributed by atoms with Crippen LogP contribution in [0.4, 0.5) is 0 Å². The standard InChI is InChI=1S/C15H23NO/c1-17-11-10-16-12-15(14-8-5-9-14)13-6-3-2-4-7-13/h2-4,6-7,14-16H,5,8-12H2,1H3. The van der Waals surface area contributed by atoms with E-state index in [-0.39, 0.29) is 0 Å². The lowest BCUT2D eigenvalue weighted by molar-refractivity contribution is 0.194. The van der Waals surface area contributed by atoms with Gasteiger partial charge in [0.1, 0.15) is 0 Å². The first-order valence-corrected chi connectivity index (χ1v) is 6.66. The highest BCUT2D eigenvalue weighted by Crippen LogP contribution is 2.38. The van der Waals surface area contributed by atoms with Crippen molar-refractivity contribution < 1.29 is 4.74 Å². The summed E-state index contributed by atoms with van der Waals surface area (Å²) in [5.41, 5.74) is 1.49. The Hall–Kier alpha value is -0.860. The number of ether oxygens (including phenoxy) is 1. The van der Waals surface area contributed by atoms with Gasteiger partial charge in [0.2, 0.25) is 0 Å². The Morgan fingerprint density at radius 2 is 2.06 bits per heavy atom. The number of rotatable bonds is 7. The third kappa shape index (κ3) is 3.55. The van der Waals surface area contributed by atoms with E-state index in [2.05, 4.69) is 35.6 Å². The number of nitrogens with one attached hydrogen (secondary N) is 1. The molecule has 1 aliphatic carbocycles. The van der Waals surface area contributed by atoms with Gasteiger partial charge in [0.05, 0.1) is 6.61 Å². The second-order valence-corrected chi connectivity index (χ2v) is 4.91. The van der Waals surface area contributed by atoms with Crippen LogP contribution in [0.1, 0.15) is 30.7 Å². The normalized spacial score (nSPS) is 17.7. The summed E-state index contributed by atoms with van der Waals surface area (Å²) in [6.45, 7) is 2.83. The molecule has 0 aromatic heterocycles. The molecule has 0 heterocycles. The summed E-state index contributed by atoms with van der Waals surface area (Å²) < 4.78 is 5.07. The molecule has 0 saturated heterocycles. The van der Waals surface area contributed by atoms with E-state index in [1.807, 2.05) is 0 Å². The third-order valence-electron chi connectivity index (χ3n) is 3.79. The molecule has 1 aromatic carbocycles.